The number of benzene rings is 1. The van der Waals surface area contributed by atoms with Crippen molar-refractivity contribution in [2.75, 3.05) is 17.7 Å². The second kappa shape index (κ2) is 8.08. The molecule has 0 fully saturated rings. The SMILES string of the molecule is CCOC(=O)C(=CNc1ccc(Br)cc1)CS(=O)[O-]. The number of carbonyl (C=O) groups is 1. The van der Waals surface area contributed by atoms with Gasteiger partial charge >= 0.3 is 5.97 Å². The van der Waals surface area contributed by atoms with Crippen molar-refractivity contribution in [1.29, 1.82) is 0 Å². The van der Waals surface area contributed by atoms with Gasteiger partial charge in [-0.2, -0.15) is 0 Å². The molecule has 0 saturated carbocycles. The van der Waals surface area contributed by atoms with Crippen LogP contribution >= 0.6 is 15.9 Å². The van der Waals surface area contributed by atoms with Crippen molar-refractivity contribution < 1.29 is 18.3 Å². The molecule has 0 aliphatic carbocycles. The van der Waals surface area contributed by atoms with E-state index in [1.165, 1.54) is 6.20 Å². The van der Waals surface area contributed by atoms with Crippen LogP contribution in [0, 0.1) is 0 Å². The topological polar surface area (TPSA) is 78.5 Å². The van der Waals surface area contributed by atoms with Gasteiger partial charge in [0.25, 0.3) is 0 Å². The lowest BCUT2D eigenvalue weighted by molar-refractivity contribution is -0.138. The highest BCUT2D eigenvalue weighted by Gasteiger charge is 2.10. The largest absolute Gasteiger partial charge is 0.772 e. The normalized spacial score (nSPS) is 12.9. The van der Waals surface area contributed by atoms with Crippen LogP contribution in [0.4, 0.5) is 5.69 Å². The Morgan fingerprint density at radius 2 is 2.11 bits per heavy atom. The number of ether oxygens (including phenoxy) is 1. The molecule has 0 radical (unpaired) electrons. The molecule has 1 unspecified atom stereocenters. The summed E-state index contributed by atoms with van der Waals surface area (Å²) in [4.78, 5) is 11.5. The van der Waals surface area contributed by atoms with Crippen molar-refractivity contribution >= 4 is 38.7 Å². The van der Waals surface area contributed by atoms with E-state index in [-0.39, 0.29) is 17.9 Å². The fraction of sp³-hybridized carbons (Fsp3) is 0.250. The minimum atomic E-state index is -2.35. The van der Waals surface area contributed by atoms with Crippen molar-refractivity contribution in [2.24, 2.45) is 0 Å². The van der Waals surface area contributed by atoms with E-state index in [1.807, 2.05) is 12.1 Å². The summed E-state index contributed by atoms with van der Waals surface area (Å²) in [6.45, 7) is 1.85. The minimum Gasteiger partial charge on any atom is -0.772 e. The van der Waals surface area contributed by atoms with Crippen molar-refractivity contribution in [2.45, 2.75) is 6.92 Å². The number of rotatable bonds is 6. The molecular weight excluding hydrogens is 334 g/mol. The van der Waals surface area contributed by atoms with Gasteiger partial charge in [-0.15, -0.1) is 0 Å². The second-order valence-electron chi connectivity index (χ2n) is 3.49. The van der Waals surface area contributed by atoms with E-state index in [1.54, 1.807) is 19.1 Å². The van der Waals surface area contributed by atoms with Crippen molar-refractivity contribution in [3.8, 4) is 0 Å². The summed E-state index contributed by atoms with van der Waals surface area (Å²) in [6.07, 6.45) is 1.34. The third-order valence-corrected chi connectivity index (χ3v) is 3.14. The molecule has 1 N–H and O–H groups in total. The summed E-state index contributed by atoms with van der Waals surface area (Å²) in [7, 11) is 0. The summed E-state index contributed by atoms with van der Waals surface area (Å²) in [6, 6.07) is 7.23. The maximum atomic E-state index is 11.5. The molecule has 0 heterocycles. The summed E-state index contributed by atoms with van der Waals surface area (Å²) < 4.78 is 27.1. The quantitative estimate of drug-likeness (QED) is 0.485. The lowest BCUT2D eigenvalue weighted by Crippen LogP contribution is -2.15. The monoisotopic (exact) mass is 346 g/mol. The van der Waals surface area contributed by atoms with Crippen LogP contribution in [0.5, 0.6) is 0 Å². The molecule has 1 aromatic carbocycles. The van der Waals surface area contributed by atoms with E-state index in [0.29, 0.717) is 0 Å². The molecule has 7 heteroatoms. The molecule has 0 spiro atoms. The average Bonchev–Trinajstić information content (AvgIpc) is 2.36. The first-order valence-electron chi connectivity index (χ1n) is 5.47. The van der Waals surface area contributed by atoms with Crippen LogP contribution in [0.2, 0.25) is 0 Å². The van der Waals surface area contributed by atoms with Gasteiger partial charge in [0.15, 0.2) is 0 Å². The third kappa shape index (κ3) is 6.00. The Kier molecular flexibility index (Phi) is 6.75. The number of halogens is 1. The molecule has 5 nitrogen and oxygen atoms in total. The Labute approximate surface area is 122 Å². The van der Waals surface area contributed by atoms with E-state index in [2.05, 4.69) is 21.2 Å². The summed E-state index contributed by atoms with van der Waals surface area (Å²) in [5.41, 5.74) is 0.791. The zero-order chi connectivity index (χ0) is 14.3. The summed E-state index contributed by atoms with van der Waals surface area (Å²) >= 11 is 0.955. The van der Waals surface area contributed by atoms with Gasteiger partial charge < -0.3 is 14.6 Å². The van der Waals surface area contributed by atoms with E-state index in [0.717, 1.165) is 10.2 Å². The van der Waals surface area contributed by atoms with Gasteiger partial charge in [0, 0.05) is 22.1 Å². The van der Waals surface area contributed by atoms with Crippen LogP contribution in [-0.4, -0.2) is 27.1 Å². The Morgan fingerprint density at radius 3 is 2.63 bits per heavy atom. The van der Waals surface area contributed by atoms with Crippen LogP contribution in [0.3, 0.4) is 0 Å². The van der Waals surface area contributed by atoms with E-state index >= 15 is 0 Å². The zero-order valence-corrected chi connectivity index (χ0v) is 12.6. The van der Waals surface area contributed by atoms with Gasteiger partial charge in [0.05, 0.1) is 12.2 Å². The van der Waals surface area contributed by atoms with Gasteiger partial charge in [0.2, 0.25) is 0 Å². The predicted octanol–water partition coefficient (Wildman–Crippen LogP) is 2.19. The predicted molar refractivity (Wildman–Crippen MR) is 76.3 cm³/mol. The maximum absolute atomic E-state index is 11.5. The van der Waals surface area contributed by atoms with Gasteiger partial charge in [-0.1, -0.05) is 27.0 Å². The van der Waals surface area contributed by atoms with Gasteiger partial charge in [-0.05, 0) is 31.2 Å². The molecule has 1 rings (SSSR count). The van der Waals surface area contributed by atoms with Crippen LogP contribution < -0.4 is 5.32 Å². The standard InChI is InChI=1S/C12H14BrNO4S/c1-2-18-12(15)9(8-19(16)17)7-14-11-5-3-10(13)4-6-11/h3-7,14H,2,8H2,1H3,(H,16,17)/p-1. The highest BCUT2D eigenvalue weighted by molar-refractivity contribution is 9.10. The number of anilines is 1. The lowest BCUT2D eigenvalue weighted by atomic mass is 10.3. The molecule has 0 bridgehead atoms. The molecule has 0 saturated heterocycles. The summed E-state index contributed by atoms with van der Waals surface area (Å²) in [5.74, 6) is -1.03. The van der Waals surface area contributed by atoms with E-state index in [9.17, 15) is 13.6 Å². The Hall–Kier alpha value is -1.18. The molecule has 0 aromatic heterocycles. The third-order valence-electron chi connectivity index (χ3n) is 2.07. The first-order valence-corrected chi connectivity index (χ1v) is 7.50. The molecule has 0 aliphatic rings. The van der Waals surface area contributed by atoms with Crippen LogP contribution in [0.25, 0.3) is 0 Å². The number of nitrogens with one attached hydrogen (secondary N) is 1. The molecule has 19 heavy (non-hydrogen) atoms. The van der Waals surface area contributed by atoms with Crippen molar-refractivity contribution in [1.82, 2.24) is 0 Å². The minimum absolute atomic E-state index is 0.0538. The highest BCUT2D eigenvalue weighted by atomic mass is 79.9. The summed E-state index contributed by atoms with van der Waals surface area (Å²) in [5, 5.41) is 2.86. The van der Waals surface area contributed by atoms with Gasteiger partial charge in [0.1, 0.15) is 0 Å². The van der Waals surface area contributed by atoms with Gasteiger partial charge in [-0.25, -0.2) is 4.79 Å². The fourth-order valence-corrected chi connectivity index (χ4v) is 1.95. The van der Waals surface area contributed by atoms with Crippen LogP contribution in [0.1, 0.15) is 6.92 Å². The number of hydrogen-bond donors (Lipinski definition) is 1. The number of carbonyl (C=O) groups excluding carboxylic acids is 1. The van der Waals surface area contributed by atoms with Gasteiger partial charge in [-0.3, -0.25) is 4.21 Å². The van der Waals surface area contributed by atoms with E-state index < -0.39 is 17.0 Å². The van der Waals surface area contributed by atoms with Crippen LogP contribution in [-0.2, 0) is 20.6 Å². The van der Waals surface area contributed by atoms with E-state index in [4.69, 9.17) is 4.74 Å². The maximum Gasteiger partial charge on any atom is 0.336 e. The molecule has 1 aromatic rings. The fourth-order valence-electron chi connectivity index (χ4n) is 1.23. The Morgan fingerprint density at radius 1 is 1.47 bits per heavy atom. The molecule has 1 atom stereocenters. The highest BCUT2D eigenvalue weighted by Crippen LogP contribution is 2.14. The first-order chi connectivity index (χ1) is 9.02. The van der Waals surface area contributed by atoms with Crippen molar-refractivity contribution in [3.05, 3.63) is 40.5 Å². The van der Waals surface area contributed by atoms with Crippen molar-refractivity contribution in [3.63, 3.8) is 0 Å². The average molecular weight is 347 g/mol. The second-order valence-corrected chi connectivity index (χ2v) is 5.30. The first kappa shape index (κ1) is 15.9. The number of esters is 1. The van der Waals surface area contributed by atoms with Crippen LogP contribution in [0.15, 0.2) is 40.5 Å². The molecule has 104 valence electrons. The number of hydrogen-bond acceptors (Lipinski definition) is 5. The Bertz CT molecular complexity index is 487. The lowest BCUT2D eigenvalue weighted by Gasteiger charge is -2.10. The zero-order valence-electron chi connectivity index (χ0n) is 10.2. The molecule has 0 amide bonds. The molecule has 0 aliphatic heterocycles. The Balaban J connectivity index is 2.78. The smallest absolute Gasteiger partial charge is 0.336 e. The molecular formula is C12H13BrNO4S-.